The molecule has 2 heterocycles. The Morgan fingerprint density at radius 2 is 1.87 bits per heavy atom. The number of nitrogens with zero attached hydrogens (tertiary/aromatic N) is 3. The lowest BCUT2D eigenvalue weighted by atomic mass is 9.87. The van der Waals surface area contributed by atoms with Crippen molar-refractivity contribution in [3.05, 3.63) is 11.9 Å². The Morgan fingerprint density at radius 3 is 2.57 bits per heavy atom. The fraction of sp³-hybridized carbons (Fsp3) is 0.867. The van der Waals surface area contributed by atoms with Crippen molar-refractivity contribution in [2.24, 2.45) is 0 Å². The number of rotatable bonds is 3. The van der Waals surface area contributed by atoms with E-state index in [0.29, 0.717) is 5.92 Å². The van der Waals surface area contributed by atoms with Crippen molar-refractivity contribution in [1.29, 1.82) is 0 Å². The van der Waals surface area contributed by atoms with E-state index in [0.717, 1.165) is 18.5 Å². The van der Waals surface area contributed by atoms with E-state index in [9.17, 15) is 20.4 Å². The summed E-state index contributed by atoms with van der Waals surface area (Å²) in [7, 11) is 0. The van der Waals surface area contributed by atoms with E-state index in [-0.39, 0.29) is 6.42 Å². The zero-order chi connectivity index (χ0) is 16.4. The number of aromatic nitrogens is 3. The highest BCUT2D eigenvalue weighted by atomic mass is 16.5. The molecule has 0 bridgehead atoms. The number of aliphatic hydroxyl groups excluding tert-OH is 4. The Morgan fingerprint density at radius 1 is 1.13 bits per heavy atom. The van der Waals surface area contributed by atoms with Crippen LogP contribution in [-0.4, -0.2) is 66.4 Å². The molecule has 1 saturated carbocycles. The third kappa shape index (κ3) is 3.56. The maximum Gasteiger partial charge on any atom is 0.178 e. The third-order valence-electron chi connectivity index (χ3n) is 4.89. The fourth-order valence-corrected chi connectivity index (χ4v) is 3.49. The topological polar surface area (TPSA) is 121 Å². The minimum atomic E-state index is -1.25. The molecule has 0 unspecified atom stereocenters. The molecule has 8 nitrogen and oxygen atoms in total. The molecule has 1 aromatic heterocycles. The Hall–Kier alpha value is -1.06. The van der Waals surface area contributed by atoms with Crippen molar-refractivity contribution < 1.29 is 25.2 Å². The van der Waals surface area contributed by atoms with Crippen molar-refractivity contribution in [1.82, 2.24) is 15.0 Å². The molecule has 0 spiro atoms. The van der Waals surface area contributed by atoms with Gasteiger partial charge in [-0.2, -0.15) is 0 Å². The van der Waals surface area contributed by atoms with E-state index in [1.165, 1.54) is 23.9 Å². The first-order valence-corrected chi connectivity index (χ1v) is 8.32. The Bertz CT molecular complexity index is 505. The molecule has 0 radical (unpaired) electrons. The van der Waals surface area contributed by atoms with Crippen LogP contribution in [0.15, 0.2) is 6.20 Å². The van der Waals surface area contributed by atoms with Crippen LogP contribution >= 0.6 is 0 Å². The molecule has 0 amide bonds. The van der Waals surface area contributed by atoms with Crippen LogP contribution < -0.4 is 0 Å². The van der Waals surface area contributed by atoms with Gasteiger partial charge in [0.25, 0.3) is 0 Å². The van der Waals surface area contributed by atoms with Gasteiger partial charge in [0.2, 0.25) is 0 Å². The molecule has 1 aliphatic heterocycles. The lowest BCUT2D eigenvalue weighted by molar-refractivity contribution is -0.151. The molecule has 3 rings (SSSR count). The first-order chi connectivity index (χ1) is 11.1. The van der Waals surface area contributed by atoms with Gasteiger partial charge in [-0.3, -0.25) is 0 Å². The van der Waals surface area contributed by atoms with Gasteiger partial charge in [-0.25, -0.2) is 4.68 Å². The summed E-state index contributed by atoms with van der Waals surface area (Å²) in [5.41, 5.74) is 0.881. The predicted molar refractivity (Wildman–Crippen MR) is 79.5 cm³/mol. The van der Waals surface area contributed by atoms with Crippen LogP contribution in [0.1, 0.15) is 56.4 Å². The third-order valence-corrected chi connectivity index (χ3v) is 4.89. The van der Waals surface area contributed by atoms with Crippen molar-refractivity contribution >= 4 is 0 Å². The molecular formula is C15H25N3O5. The Labute approximate surface area is 134 Å². The summed E-state index contributed by atoms with van der Waals surface area (Å²) in [5, 5.41) is 47.6. The molecule has 23 heavy (non-hydrogen) atoms. The van der Waals surface area contributed by atoms with Crippen molar-refractivity contribution in [2.75, 3.05) is 6.61 Å². The first-order valence-electron chi connectivity index (χ1n) is 8.32. The second-order valence-electron chi connectivity index (χ2n) is 6.57. The van der Waals surface area contributed by atoms with Crippen LogP contribution in [0.3, 0.4) is 0 Å². The largest absolute Gasteiger partial charge is 0.394 e. The molecule has 0 aromatic carbocycles. The Balaban J connectivity index is 1.77. The highest BCUT2D eigenvalue weighted by Crippen LogP contribution is 2.32. The van der Waals surface area contributed by atoms with Crippen molar-refractivity contribution in [3.63, 3.8) is 0 Å². The van der Waals surface area contributed by atoms with Crippen molar-refractivity contribution in [2.45, 2.75) is 75.1 Å². The summed E-state index contributed by atoms with van der Waals surface area (Å²) in [4.78, 5) is 0. The highest BCUT2D eigenvalue weighted by Gasteiger charge is 2.39. The lowest BCUT2D eigenvalue weighted by Crippen LogP contribution is -2.39. The van der Waals surface area contributed by atoms with Crippen LogP contribution in [0.4, 0.5) is 0 Å². The maximum atomic E-state index is 10.3. The van der Waals surface area contributed by atoms with E-state index in [4.69, 9.17) is 4.74 Å². The summed E-state index contributed by atoms with van der Waals surface area (Å²) < 4.78 is 7.03. The molecule has 1 aromatic rings. The standard InChI is InChI=1S/C15H25N3O5/c19-8-13-14(22)11(20)6-12(21)15(23-13)18-7-10(16-17-18)9-4-2-1-3-5-9/h7,9,11-15,19-22H,1-6,8H2/t11-,12-,13-,14+,15-/m1/s1. The van der Waals surface area contributed by atoms with Gasteiger partial charge in [-0.15, -0.1) is 5.10 Å². The molecule has 2 aliphatic rings. The highest BCUT2D eigenvalue weighted by molar-refractivity contribution is 5.03. The molecule has 5 atom stereocenters. The molecule has 2 fully saturated rings. The summed E-state index contributed by atoms with van der Waals surface area (Å²) in [5.74, 6) is 0.380. The average molecular weight is 327 g/mol. The fourth-order valence-electron chi connectivity index (χ4n) is 3.49. The smallest absolute Gasteiger partial charge is 0.178 e. The van der Waals surface area contributed by atoms with Gasteiger partial charge >= 0.3 is 0 Å². The average Bonchev–Trinajstić information content (AvgIpc) is 3.01. The maximum absolute atomic E-state index is 10.3. The SMILES string of the molecule is OC[C@H]1O[C@@H](n2cc(C3CCCCC3)nn2)[C@H](O)C[C@@H](O)[C@@H]1O. The van der Waals surface area contributed by atoms with Gasteiger partial charge in [0.1, 0.15) is 18.3 Å². The number of ether oxygens (including phenoxy) is 1. The van der Waals surface area contributed by atoms with Gasteiger partial charge in [-0.05, 0) is 12.8 Å². The van der Waals surface area contributed by atoms with Gasteiger partial charge in [-0.1, -0.05) is 24.5 Å². The van der Waals surface area contributed by atoms with Gasteiger partial charge < -0.3 is 25.2 Å². The second-order valence-corrected chi connectivity index (χ2v) is 6.57. The zero-order valence-electron chi connectivity index (χ0n) is 13.0. The summed E-state index contributed by atoms with van der Waals surface area (Å²) >= 11 is 0. The number of hydrogen-bond acceptors (Lipinski definition) is 7. The van der Waals surface area contributed by atoms with Gasteiger partial charge in [0.15, 0.2) is 6.23 Å². The van der Waals surface area contributed by atoms with Crippen LogP contribution in [0.2, 0.25) is 0 Å². The molecule has 8 heteroatoms. The monoisotopic (exact) mass is 327 g/mol. The van der Waals surface area contributed by atoms with Crippen LogP contribution in [0.25, 0.3) is 0 Å². The van der Waals surface area contributed by atoms with Gasteiger partial charge in [0, 0.05) is 12.3 Å². The van der Waals surface area contributed by atoms with E-state index in [1.54, 1.807) is 6.20 Å². The number of aliphatic hydroxyl groups is 4. The first kappa shape index (κ1) is 16.8. The molecule has 1 saturated heterocycles. The number of hydrogen-bond donors (Lipinski definition) is 4. The van der Waals surface area contributed by atoms with E-state index >= 15 is 0 Å². The van der Waals surface area contributed by atoms with Crippen LogP contribution in [-0.2, 0) is 4.74 Å². The normalized spacial score (nSPS) is 36.8. The van der Waals surface area contributed by atoms with E-state index < -0.39 is 37.3 Å². The summed E-state index contributed by atoms with van der Waals surface area (Å²) in [6, 6.07) is 0. The van der Waals surface area contributed by atoms with Crippen LogP contribution in [0.5, 0.6) is 0 Å². The van der Waals surface area contributed by atoms with Crippen LogP contribution in [0, 0.1) is 0 Å². The lowest BCUT2D eigenvalue weighted by Gasteiger charge is -2.24. The molecule has 4 N–H and O–H groups in total. The molecule has 1 aliphatic carbocycles. The Kier molecular flexibility index (Phi) is 5.27. The van der Waals surface area contributed by atoms with Crippen molar-refractivity contribution in [3.8, 4) is 0 Å². The molecular weight excluding hydrogens is 302 g/mol. The van der Waals surface area contributed by atoms with Gasteiger partial charge in [0.05, 0.1) is 24.6 Å². The predicted octanol–water partition coefficient (Wildman–Crippen LogP) is -0.312. The second kappa shape index (κ2) is 7.23. The quantitative estimate of drug-likeness (QED) is 0.601. The molecule has 130 valence electrons. The minimum absolute atomic E-state index is 0.0546. The van der Waals surface area contributed by atoms with E-state index in [1.807, 2.05) is 0 Å². The zero-order valence-corrected chi connectivity index (χ0v) is 13.0. The van der Waals surface area contributed by atoms with E-state index in [2.05, 4.69) is 10.3 Å². The minimum Gasteiger partial charge on any atom is -0.394 e. The summed E-state index contributed by atoms with van der Waals surface area (Å²) in [6.07, 6.45) is 2.19. The summed E-state index contributed by atoms with van der Waals surface area (Å²) in [6.45, 7) is -0.453.